The first-order valence-electron chi connectivity index (χ1n) is 12.4. The molecule has 0 N–H and O–H groups in total. The lowest BCUT2D eigenvalue weighted by atomic mass is 10.1. The van der Waals surface area contributed by atoms with Crippen molar-refractivity contribution in [2.24, 2.45) is 0 Å². The van der Waals surface area contributed by atoms with Crippen LogP contribution in [0.1, 0.15) is 54.6 Å². The van der Waals surface area contributed by atoms with Gasteiger partial charge in [-0.15, -0.1) is 0 Å². The molecule has 1 saturated heterocycles. The number of anilines is 1. The molecule has 0 spiro atoms. The Morgan fingerprint density at radius 2 is 1.81 bits per heavy atom. The molecule has 0 unspecified atom stereocenters. The van der Waals surface area contributed by atoms with Crippen LogP contribution in [-0.4, -0.2) is 86.5 Å². The van der Waals surface area contributed by atoms with E-state index in [-0.39, 0.29) is 17.3 Å². The van der Waals surface area contributed by atoms with Gasteiger partial charge in [0.2, 0.25) is 5.28 Å². The number of aromatic nitrogens is 4. The average molecular weight is 518 g/mol. The van der Waals surface area contributed by atoms with Gasteiger partial charge < -0.3 is 24.2 Å². The van der Waals surface area contributed by atoms with E-state index < -0.39 is 5.60 Å². The molecule has 5 heterocycles. The van der Waals surface area contributed by atoms with Gasteiger partial charge in [0.25, 0.3) is 5.91 Å². The van der Waals surface area contributed by atoms with Crippen molar-refractivity contribution in [1.29, 1.82) is 0 Å². The fourth-order valence-corrected chi connectivity index (χ4v) is 4.98. The molecule has 0 saturated carbocycles. The Hall–Kier alpha value is -2.92. The third kappa shape index (κ3) is 5.27. The van der Waals surface area contributed by atoms with E-state index >= 15 is 0 Å². The molecule has 1 fully saturated rings. The van der Waals surface area contributed by atoms with Gasteiger partial charge in [-0.25, -0.2) is 14.8 Å². The van der Waals surface area contributed by atoms with E-state index in [1.165, 1.54) is 0 Å². The molecule has 36 heavy (non-hydrogen) atoms. The van der Waals surface area contributed by atoms with E-state index in [1.54, 1.807) is 9.80 Å². The smallest absolute Gasteiger partial charge is 0.410 e. The van der Waals surface area contributed by atoms with Crippen molar-refractivity contribution in [2.45, 2.75) is 58.8 Å². The van der Waals surface area contributed by atoms with Crippen molar-refractivity contribution in [3.63, 3.8) is 0 Å². The largest absolute Gasteiger partial charge is 0.444 e. The number of carbonyl (C=O) groups is 2. The van der Waals surface area contributed by atoms with Gasteiger partial charge in [0.1, 0.15) is 11.4 Å². The third-order valence-electron chi connectivity index (χ3n) is 6.50. The molecule has 0 aliphatic carbocycles. The predicted octanol–water partition coefficient (Wildman–Crippen LogP) is 2.50. The zero-order valence-corrected chi connectivity index (χ0v) is 21.8. The summed E-state index contributed by atoms with van der Waals surface area (Å²) < 4.78 is 12.8. The molecule has 2 amide bonds. The number of morpholine rings is 1. The first-order valence-corrected chi connectivity index (χ1v) is 12.8. The standard InChI is InChI=1S/C24H32ClN7O4/c1-24(2,3)36-23(34)31-8-5-17-19(15-31)26-22(25)27-20(17)30-6-4-7-32-16(14-30)13-18(28-32)21(33)29-9-11-35-12-10-29/h13H,4-12,14-15H2,1-3H3. The van der Waals surface area contributed by atoms with E-state index in [1.807, 2.05) is 31.5 Å². The number of amides is 2. The zero-order valence-electron chi connectivity index (χ0n) is 21.0. The number of nitrogens with zero attached hydrogens (tertiary/aromatic N) is 7. The number of hydrogen-bond acceptors (Lipinski definition) is 8. The Morgan fingerprint density at radius 1 is 1.03 bits per heavy atom. The summed E-state index contributed by atoms with van der Waals surface area (Å²) in [6.07, 6.45) is 1.10. The molecule has 3 aliphatic rings. The van der Waals surface area contributed by atoms with Crippen LogP contribution in [-0.2, 0) is 35.5 Å². The summed E-state index contributed by atoms with van der Waals surface area (Å²) in [5.41, 5.74) is 2.59. The van der Waals surface area contributed by atoms with Gasteiger partial charge in [0.15, 0.2) is 5.69 Å². The highest BCUT2D eigenvalue weighted by atomic mass is 35.5. The number of carbonyl (C=O) groups excluding carboxylic acids is 2. The summed E-state index contributed by atoms with van der Waals surface area (Å²) in [5, 5.41) is 4.77. The quantitative estimate of drug-likeness (QED) is 0.559. The van der Waals surface area contributed by atoms with Crippen LogP contribution in [0.15, 0.2) is 6.07 Å². The van der Waals surface area contributed by atoms with Crippen molar-refractivity contribution >= 4 is 29.4 Å². The van der Waals surface area contributed by atoms with Crippen LogP contribution in [0.25, 0.3) is 0 Å². The third-order valence-corrected chi connectivity index (χ3v) is 6.67. The van der Waals surface area contributed by atoms with Crippen molar-refractivity contribution < 1.29 is 19.1 Å². The maximum atomic E-state index is 13.0. The van der Waals surface area contributed by atoms with Gasteiger partial charge in [0, 0.05) is 38.3 Å². The number of aryl methyl sites for hydroxylation is 1. The molecule has 0 bridgehead atoms. The fourth-order valence-electron chi connectivity index (χ4n) is 4.80. The summed E-state index contributed by atoms with van der Waals surface area (Å²) in [5.74, 6) is 0.722. The van der Waals surface area contributed by atoms with Gasteiger partial charge in [0.05, 0.1) is 37.7 Å². The fraction of sp³-hybridized carbons (Fsp3) is 0.625. The molecule has 3 aliphatic heterocycles. The zero-order chi connectivity index (χ0) is 25.4. The summed E-state index contributed by atoms with van der Waals surface area (Å²) in [4.78, 5) is 40.3. The van der Waals surface area contributed by atoms with Gasteiger partial charge in [-0.2, -0.15) is 5.10 Å². The maximum absolute atomic E-state index is 13.0. The Labute approximate surface area is 215 Å². The molecule has 0 atom stereocenters. The maximum Gasteiger partial charge on any atom is 0.410 e. The molecular weight excluding hydrogens is 486 g/mol. The molecule has 2 aromatic rings. The topological polar surface area (TPSA) is 106 Å². The van der Waals surface area contributed by atoms with Gasteiger partial charge in [-0.1, -0.05) is 0 Å². The highest BCUT2D eigenvalue weighted by Crippen LogP contribution is 2.30. The lowest BCUT2D eigenvalue weighted by molar-refractivity contribution is 0.0220. The highest BCUT2D eigenvalue weighted by molar-refractivity contribution is 6.28. The number of ether oxygens (including phenoxy) is 2. The minimum absolute atomic E-state index is 0.0601. The van der Waals surface area contributed by atoms with E-state index in [0.29, 0.717) is 58.1 Å². The Bertz CT molecular complexity index is 1160. The van der Waals surface area contributed by atoms with Gasteiger partial charge >= 0.3 is 6.09 Å². The van der Waals surface area contributed by atoms with Crippen molar-refractivity contribution in [3.8, 4) is 0 Å². The molecule has 12 heteroatoms. The van der Waals surface area contributed by atoms with Crippen LogP contribution in [0.4, 0.5) is 10.6 Å². The molecule has 194 valence electrons. The molecule has 0 aromatic carbocycles. The summed E-state index contributed by atoms with van der Waals surface area (Å²) in [6.45, 7) is 10.7. The van der Waals surface area contributed by atoms with Crippen LogP contribution in [0.5, 0.6) is 0 Å². The van der Waals surface area contributed by atoms with E-state index in [0.717, 1.165) is 42.3 Å². The SMILES string of the molecule is CC(C)(C)OC(=O)N1CCc2c(nc(Cl)nc2N2CCCn3nc(C(=O)N4CCOCC4)cc3C2)C1. The molecule has 2 aromatic heterocycles. The minimum atomic E-state index is -0.567. The Kier molecular flexibility index (Phi) is 6.78. The van der Waals surface area contributed by atoms with Crippen LogP contribution in [0.2, 0.25) is 5.28 Å². The number of fused-ring (bicyclic) bond motifs is 2. The second-order valence-corrected chi connectivity index (χ2v) is 10.7. The lowest BCUT2D eigenvalue weighted by Gasteiger charge is -2.33. The van der Waals surface area contributed by atoms with Crippen molar-refractivity contribution in [2.75, 3.05) is 44.3 Å². The molecule has 0 radical (unpaired) electrons. The van der Waals surface area contributed by atoms with Crippen LogP contribution in [0, 0.1) is 0 Å². The normalized spacial score (nSPS) is 18.4. The predicted molar refractivity (Wildman–Crippen MR) is 132 cm³/mol. The van der Waals surface area contributed by atoms with Crippen LogP contribution < -0.4 is 4.90 Å². The van der Waals surface area contributed by atoms with Gasteiger partial charge in [-0.05, 0) is 51.3 Å². The minimum Gasteiger partial charge on any atom is -0.444 e. The first-order chi connectivity index (χ1) is 17.2. The van der Waals surface area contributed by atoms with Crippen molar-refractivity contribution in [3.05, 3.63) is 34.0 Å². The number of rotatable bonds is 2. The van der Waals surface area contributed by atoms with Crippen LogP contribution >= 0.6 is 11.6 Å². The van der Waals surface area contributed by atoms with E-state index in [9.17, 15) is 9.59 Å². The molecule has 11 nitrogen and oxygen atoms in total. The second kappa shape index (κ2) is 9.85. The monoisotopic (exact) mass is 517 g/mol. The van der Waals surface area contributed by atoms with E-state index in [2.05, 4.69) is 20.0 Å². The Balaban J connectivity index is 1.36. The van der Waals surface area contributed by atoms with Crippen molar-refractivity contribution in [1.82, 2.24) is 29.5 Å². The second-order valence-electron chi connectivity index (χ2n) is 10.3. The molecule has 5 rings (SSSR count). The summed E-state index contributed by atoms with van der Waals surface area (Å²) in [7, 11) is 0. The van der Waals surface area contributed by atoms with E-state index in [4.69, 9.17) is 21.1 Å². The summed E-state index contributed by atoms with van der Waals surface area (Å²) >= 11 is 6.35. The Morgan fingerprint density at radius 3 is 2.56 bits per heavy atom. The molecular formula is C24H32ClN7O4. The average Bonchev–Trinajstić information content (AvgIpc) is 3.13. The number of hydrogen-bond donors (Lipinski definition) is 0. The summed E-state index contributed by atoms with van der Waals surface area (Å²) in [6, 6.07) is 1.88. The number of halogens is 1. The first kappa shape index (κ1) is 24.8. The van der Waals surface area contributed by atoms with Gasteiger partial charge in [-0.3, -0.25) is 9.48 Å². The lowest BCUT2D eigenvalue weighted by Crippen LogP contribution is -2.41. The highest BCUT2D eigenvalue weighted by Gasteiger charge is 2.31. The van der Waals surface area contributed by atoms with Crippen LogP contribution in [0.3, 0.4) is 0 Å².